The van der Waals surface area contributed by atoms with Crippen molar-refractivity contribution in [2.24, 2.45) is 5.14 Å². The first-order valence-corrected chi connectivity index (χ1v) is 14.8. The van der Waals surface area contributed by atoms with Gasteiger partial charge in [-0.2, -0.15) is 26.7 Å². The molecule has 1 fully saturated rings. The van der Waals surface area contributed by atoms with E-state index in [9.17, 15) is 26.7 Å². The van der Waals surface area contributed by atoms with Crippen LogP contribution in [0.25, 0.3) is 10.9 Å². The van der Waals surface area contributed by atoms with Crippen LogP contribution in [-0.2, 0) is 16.6 Å². The summed E-state index contributed by atoms with van der Waals surface area (Å²) < 4.78 is 70.3. The summed E-state index contributed by atoms with van der Waals surface area (Å²) in [5.74, 6) is 5.91. The molecule has 0 saturated carbocycles. The van der Waals surface area contributed by atoms with Crippen LogP contribution in [0.3, 0.4) is 0 Å². The predicted octanol–water partition coefficient (Wildman–Crippen LogP) is 2.67. The van der Waals surface area contributed by atoms with Crippen LogP contribution in [0.4, 0.5) is 24.5 Å². The second kappa shape index (κ2) is 14.6. The average molecular weight is 644 g/mol. The van der Waals surface area contributed by atoms with Crippen molar-refractivity contribution in [3.8, 4) is 17.6 Å². The van der Waals surface area contributed by atoms with E-state index in [-0.39, 0.29) is 49.0 Å². The van der Waals surface area contributed by atoms with Gasteiger partial charge in [-0.15, -0.1) is 0 Å². The first-order valence-electron chi connectivity index (χ1n) is 13.3. The Morgan fingerprint density at radius 1 is 1.16 bits per heavy atom. The van der Waals surface area contributed by atoms with Crippen molar-refractivity contribution in [3.63, 3.8) is 0 Å². The first-order chi connectivity index (χ1) is 19.9. The lowest BCUT2D eigenvalue weighted by Crippen LogP contribution is -2.43. The highest BCUT2D eigenvalue weighted by Gasteiger charge is 2.30. The minimum Gasteiger partial charge on any atom is -0.495 e. The summed E-state index contributed by atoms with van der Waals surface area (Å²) in [6.07, 6.45) is -3.70. The molecule has 0 amide bonds. The quantitative estimate of drug-likeness (QED) is 0.213. The number of methoxy groups -OCH3 is 1. The highest BCUT2D eigenvalue weighted by molar-refractivity contribution is 7.89. The molecule has 1 saturated heterocycles. The van der Waals surface area contributed by atoms with Gasteiger partial charge < -0.3 is 35.1 Å². The Kier molecular flexibility index (Phi) is 11.6. The molecular weight excluding hydrogens is 607 g/mol. The number of likely N-dealkylation sites (tertiary alicyclic amines) is 1. The molecule has 43 heavy (non-hydrogen) atoms. The van der Waals surface area contributed by atoms with Crippen molar-refractivity contribution in [3.05, 3.63) is 48.2 Å². The number of nitrogens with two attached hydrogens (primary N) is 1. The van der Waals surface area contributed by atoms with Crippen molar-refractivity contribution in [2.75, 3.05) is 50.5 Å². The van der Waals surface area contributed by atoms with Crippen molar-refractivity contribution < 1.29 is 36.5 Å². The van der Waals surface area contributed by atoms with Gasteiger partial charge in [0.05, 0.1) is 48.2 Å². The Hall–Kier alpha value is -3.13. The van der Waals surface area contributed by atoms with Gasteiger partial charge in [0, 0.05) is 42.8 Å². The van der Waals surface area contributed by atoms with Gasteiger partial charge in [-0.1, -0.05) is 12.0 Å². The van der Waals surface area contributed by atoms with Crippen LogP contribution < -0.4 is 20.5 Å². The van der Waals surface area contributed by atoms with Crippen LogP contribution in [0.5, 0.6) is 5.75 Å². The van der Waals surface area contributed by atoms with Crippen LogP contribution in [-0.4, -0.2) is 86.3 Å². The summed E-state index contributed by atoms with van der Waals surface area (Å²) in [6, 6.07) is 11.0. The standard InChI is InChI=1S/C28H34F3N5O5S.H2S/c1-41-27-15-22(42(32,39)40)7-8-25(27)33-11-3-4-20-14-23-24(5-2-6-26(23)36(20)18-28(29,30)31)34-19-9-12-35(13-10-19)16-21(38)17-37;/h2,5-8,14-15,19,21,33-34,37-38H,9-13,16-18H2,1H3,(H2,32,39,40);1H2/t21-;/m0./s1. The molecule has 0 radical (unpaired) electrons. The summed E-state index contributed by atoms with van der Waals surface area (Å²) in [5.41, 5.74) is 1.75. The fraction of sp³-hybridized carbons (Fsp3) is 0.429. The van der Waals surface area contributed by atoms with Gasteiger partial charge in [0.15, 0.2) is 0 Å². The van der Waals surface area contributed by atoms with Crippen molar-refractivity contribution >= 4 is 45.8 Å². The van der Waals surface area contributed by atoms with E-state index < -0.39 is 28.8 Å². The van der Waals surface area contributed by atoms with Crippen molar-refractivity contribution in [1.29, 1.82) is 0 Å². The van der Waals surface area contributed by atoms with E-state index in [4.69, 9.17) is 15.0 Å². The smallest absolute Gasteiger partial charge is 0.406 e. The number of aliphatic hydroxyl groups excluding tert-OH is 2. The third kappa shape index (κ3) is 9.18. The fourth-order valence-corrected chi connectivity index (χ4v) is 5.50. The Labute approximate surface area is 255 Å². The topological polar surface area (TPSA) is 142 Å². The summed E-state index contributed by atoms with van der Waals surface area (Å²) in [6.45, 7) is 0.389. The van der Waals surface area contributed by atoms with E-state index in [1.165, 1.54) is 25.3 Å². The zero-order valence-electron chi connectivity index (χ0n) is 23.5. The summed E-state index contributed by atoms with van der Waals surface area (Å²) in [4.78, 5) is 1.95. The van der Waals surface area contributed by atoms with Crippen LogP contribution in [0.2, 0.25) is 0 Å². The number of fused-ring (bicyclic) bond motifs is 1. The molecule has 236 valence electrons. The molecule has 0 unspecified atom stereocenters. The molecule has 0 spiro atoms. The molecule has 0 bridgehead atoms. The molecule has 2 aromatic carbocycles. The number of primary sulfonamides is 1. The second-order valence-corrected chi connectivity index (χ2v) is 11.6. The molecule has 1 atom stereocenters. The lowest BCUT2D eigenvalue weighted by molar-refractivity contribution is -0.140. The van der Waals surface area contributed by atoms with E-state index in [2.05, 4.69) is 27.4 Å². The Bertz CT molecular complexity index is 1560. The van der Waals surface area contributed by atoms with E-state index in [1.807, 2.05) is 6.07 Å². The van der Waals surface area contributed by atoms with Gasteiger partial charge in [0.1, 0.15) is 12.3 Å². The number of aromatic nitrogens is 1. The number of hydrogen-bond donors (Lipinski definition) is 5. The lowest BCUT2D eigenvalue weighted by atomic mass is 10.0. The second-order valence-electron chi connectivity index (χ2n) is 10.1. The number of aliphatic hydroxyl groups is 2. The highest BCUT2D eigenvalue weighted by atomic mass is 32.2. The number of hydrogen-bond acceptors (Lipinski definition) is 8. The minimum absolute atomic E-state index is 0. The summed E-state index contributed by atoms with van der Waals surface area (Å²) in [7, 11) is -2.56. The molecule has 0 aliphatic carbocycles. The van der Waals surface area contributed by atoms with Gasteiger partial charge in [-0.25, -0.2) is 13.6 Å². The maximum atomic E-state index is 13.6. The number of halogens is 3. The molecule has 2 heterocycles. The number of sulfonamides is 1. The van der Waals surface area contributed by atoms with Crippen LogP contribution in [0.15, 0.2) is 47.4 Å². The minimum atomic E-state index is -4.46. The van der Waals surface area contributed by atoms with Crippen LogP contribution in [0.1, 0.15) is 18.5 Å². The molecule has 15 heteroatoms. The molecule has 3 aromatic rings. The van der Waals surface area contributed by atoms with Crippen molar-refractivity contribution in [2.45, 2.75) is 42.6 Å². The third-order valence-corrected chi connectivity index (χ3v) is 7.91. The maximum Gasteiger partial charge on any atom is 0.406 e. The summed E-state index contributed by atoms with van der Waals surface area (Å²) in [5, 5.41) is 31.0. The van der Waals surface area contributed by atoms with Crippen LogP contribution in [0, 0.1) is 11.8 Å². The third-order valence-electron chi connectivity index (χ3n) is 7.00. The Morgan fingerprint density at radius 3 is 2.51 bits per heavy atom. The van der Waals surface area contributed by atoms with Gasteiger partial charge in [0.25, 0.3) is 0 Å². The SMILES string of the molecule is COc1cc(S(N)(=O)=O)ccc1NCC#Cc1cc2c(NC3CCN(C[C@H](O)CO)CC3)cccc2n1CC(F)(F)F.S. The number of nitrogens with one attached hydrogen (secondary N) is 2. The highest BCUT2D eigenvalue weighted by Crippen LogP contribution is 2.31. The number of β-amino-alcohol motifs (C(OH)–C–C–N with tert-alkyl or cyclic N) is 1. The Balaban J connectivity index is 0.00000506. The Morgan fingerprint density at radius 2 is 1.88 bits per heavy atom. The van der Waals surface area contributed by atoms with E-state index >= 15 is 0 Å². The first kappa shape index (κ1) is 34.4. The van der Waals surface area contributed by atoms with Crippen molar-refractivity contribution in [1.82, 2.24) is 9.47 Å². The number of nitrogens with zero attached hydrogens (tertiary/aromatic N) is 2. The molecule has 10 nitrogen and oxygen atoms in total. The van der Waals surface area contributed by atoms with Gasteiger partial charge >= 0.3 is 6.18 Å². The van der Waals surface area contributed by atoms with E-state index in [0.29, 0.717) is 28.8 Å². The molecule has 1 aromatic heterocycles. The zero-order chi connectivity index (χ0) is 30.5. The molecular formula is C28H36F3N5O5S2. The average Bonchev–Trinajstić information content (AvgIpc) is 3.28. The molecule has 6 N–H and O–H groups in total. The summed E-state index contributed by atoms with van der Waals surface area (Å²) >= 11 is 0. The number of rotatable bonds is 10. The fourth-order valence-electron chi connectivity index (χ4n) is 4.97. The maximum absolute atomic E-state index is 13.6. The van der Waals surface area contributed by atoms with E-state index in [0.717, 1.165) is 30.5 Å². The van der Waals surface area contributed by atoms with Gasteiger partial charge in [0.2, 0.25) is 10.0 Å². The van der Waals surface area contributed by atoms with E-state index in [1.54, 1.807) is 18.2 Å². The zero-order valence-corrected chi connectivity index (χ0v) is 25.3. The predicted molar refractivity (Wildman–Crippen MR) is 164 cm³/mol. The molecule has 1 aliphatic rings. The number of ether oxygens (including phenoxy) is 1. The largest absolute Gasteiger partial charge is 0.495 e. The molecule has 4 rings (SSSR count). The number of piperidine rings is 1. The number of benzene rings is 2. The number of anilines is 2. The normalized spacial score (nSPS) is 15.3. The molecule has 1 aliphatic heterocycles. The number of alkyl halides is 3. The monoisotopic (exact) mass is 643 g/mol. The van der Waals surface area contributed by atoms with Gasteiger partial charge in [-0.3, -0.25) is 0 Å². The lowest BCUT2D eigenvalue weighted by Gasteiger charge is -2.33. The van der Waals surface area contributed by atoms with Crippen LogP contribution >= 0.6 is 13.5 Å². The van der Waals surface area contributed by atoms with Gasteiger partial charge in [-0.05, 0) is 49.1 Å².